The van der Waals surface area contributed by atoms with Crippen LogP contribution in [0.3, 0.4) is 0 Å². The number of benzene rings is 2. The SMILES string of the molecule is CCCCOc1ccc(N2C(=O)C[C@@H](NCc3ccc(OC)cc3)C2=O)cc1. The molecule has 0 spiro atoms. The molecule has 28 heavy (non-hydrogen) atoms. The van der Waals surface area contributed by atoms with E-state index in [2.05, 4.69) is 12.2 Å². The number of hydrogen-bond acceptors (Lipinski definition) is 5. The molecule has 0 unspecified atom stereocenters. The molecule has 2 aromatic rings. The Labute approximate surface area is 165 Å². The van der Waals surface area contributed by atoms with Gasteiger partial charge >= 0.3 is 0 Å². The van der Waals surface area contributed by atoms with Crippen molar-refractivity contribution >= 4 is 17.5 Å². The average Bonchev–Trinajstić information content (AvgIpc) is 3.01. The second kappa shape index (κ2) is 9.37. The van der Waals surface area contributed by atoms with E-state index in [1.165, 1.54) is 4.90 Å². The number of rotatable bonds is 9. The van der Waals surface area contributed by atoms with Gasteiger partial charge in [-0.3, -0.25) is 9.59 Å². The normalized spacial score (nSPS) is 16.5. The number of nitrogens with zero attached hydrogens (tertiary/aromatic N) is 1. The average molecular weight is 382 g/mol. The van der Waals surface area contributed by atoms with Crippen molar-refractivity contribution < 1.29 is 19.1 Å². The second-order valence-corrected chi connectivity index (χ2v) is 6.75. The van der Waals surface area contributed by atoms with E-state index >= 15 is 0 Å². The predicted octanol–water partition coefficient (Wildman–Crippen LogP) is 3.30. The van der Waals surface area contributed by atoms with Crippen LogP contribution in [0.2, 0.25) is 0 Å². The van der Waals surface area contributed by atoms with Gasteiger partial charge in [0.2, 0.25) is 5.91 Å². The summed E-state index contributed by atoms with van der Waals surface area (Å²) in [6, 6.07) is 14.2. The summed E-state index contributed by atoms with van der Waals surface area (Å²) in [4.78, 5) is 26.4. The van der Waals surface area contributed by atoms with Crippen molar-refractivity contribution in [3.05, 3.63) is 54.1 Å². The van der Waals surface area contributed by atoms with Crippen molar-refractivity contribution in [2.45, 2.75) is 38.8 Å². The van der Waals surface area contributed by atoms with Gasteiger partial charge in [0, 0.05) is 6.54 Å². The predicted molar refractivity (Wildman–Crippen MR) is 108 cm³/mol. The third-order valence-corrected chi connectivity index (χ3v) is 4.72. The lowest BCUT2D eigenvalue weighted by Crippen LogP contribution is -2.38. The van der Waals surface area contributed by atoms with E-state index in [9.17, 15) is 9.59 Å². The van der Waals surface area contributed by atoms with Gasteiger partial charge in [0.05, 0.1) is 31.9 Å². The molecule has 0 saturated carbocycles. The summed E-state index contributed by atoms with van der Waals surface area (Å²) in [5.41, 5.74) is 1.60. The Morgan fingerprint density at radius 3 is 2.36 bits per heavy atom. The quantitative estimate of drug-likeness (QED) is 0.532. The number of nitrogens with one attached hydrogen (secondary N) is 1. The summed E-state index contributed by atoms with van der Waals surface area (Å²) in [5, 5.41) is 3.18. The monoisotopic (exact) mass is 382 g/mol. The lowest BCUT2D eigenvalue weighted by Gasteiger charge is -2.16. The Morgan fingerprint density at radius 2 is 1.71 bits per heavy atom. The number of anilines is 1. The van der Waals surface area contributed by atoms with Gasteiger partial charge in [-0.15, -0.1) is 0 Å². The summed E-state index contributed by atoms with van der Waals surface area (Å²) in [5.74, 6) is 1.10. The van der Waals surface area contributed by atoms with Gasteiger partial charge in [-0.25, -0.2) is 4.90 Å². The van der Waals surface area contributed by atoms with E-state index in [1.807, 2.05) is 24.3 Å². The summed E-state index contributed by atoms with van der Waals surface area (Å²) < 4.78 is 10.8. The Balaban J connectivity index is 1.59. The molecular formula is C22H26N2O4. The number of carbonyl (C=O) groups is 2. The van der Waals surface area contributed by atoms with Crippen LogP contribution in [-0.2, 0) is 16.1 Å². The molecule has 1 heterocycles. The molecule has 1 aliphatic heterocycles. The standard InChI is InChI=1S/C22H26N2O4/c1-3-4-13-28-19-11-7-17(8-12-19)24-21(25)14-20(22(24)26)23-15-16-5-9-18(27-2)10-6-16/h5-12,20,23H,3-4,13-15H2,1-2H3/t20-/m1/s1. The minimum absolute atomic E-state index is 0.156. The number of hydrogen-bond donors (Lipinski definition) is 1. The molecule has 148 valence electrons. The highest BCUT2D eigenvalue weighted by molar-refractivity contribution is 6.22. The molecule has 1 aliphatic rings. The fourth-order valence-corrected chi connectivity index (χ4v) is 3.07. The maximum Gasteiger partial charge on any atom is 0.251 e. The van der Waals surface area contributed by atoms with Crippen LogP contribution in [-0.4, -0.2) is 31.6 Å². The van der Waals surface area contributed by atoms with Crippen molar-refractivity contribution in [2.75, 3.05) is 18.6 Å². The van der Waals surface area contributed by atoms with Crippen molar-refractivity contribution in [2.24, 2.45) is 0 Å². The highest BCUT2D eigenvalue weighted by Gasteiger charge is 2.39. The number of amides is 2. The zero-order valence-electron chi connectivity index (χ0n) is 16.3. The second-order valence-electron chi connectivity index (χ2n) is 6.75. The molecule has 1 saturated heterocycles. The first kappa shape index (κ1) is 19.9. The van der Waals surface area contributed by atoms with Gasteiger partial charge in [-0.1, -0.05) is 25.5 Å². The lowest BCUT2D eigenvalue weighted by molar-refractivity contribution is -0.121. The molecule has 2 amide bonds. The van der Waals surface area contributed by atoms with Crippen molar-refractivity contribution in [1.29, 1.82) is 0 Å². The molecular weight excluding hydrogens is 356 g/mol. The molecule has 0 aliphatic carbocycles. The van der Waals surface area contributed by atoms with Gasteiger partial charge in [-0.2, -0.15) is 0 Å². The van der Waals surface area contributed by atoms with Crippen LogP contribution in [0, 0.1) is 0 Å². The van der Waals surface area contributed by atoms with Crippen molar-refractivity contribution in [1.82, 2.24) is 5.32 Å². The summed E-state index contributed by atoms with van der Waals surface area (Å²) >= 11 is 0. The fraction of sp³-hybridized carbons (Fsp3) is 0.364. The first-order valence-electron chi connectivity index (χ1n) is 9.58. The first-order chi connectivity index (χ1) is 13.6. The first-order valence-corrected chi connectivity index (χ1v) is 9.58. The third kappa shape index (κ3) is 4.70. The Kier molecular flexibility index (Phi) is 6.66. The number of methoxy groups -OCH3 is 1. The molecule has 6 nitrogen and oxygen atoms in total. The highest BCUT2D eigenvalue weighted by Crippen LogP contribution is 2.25. The molecule has 1 atom stereocenters. The maximum absolute atomic E-state index is 12.7. The van der Waals surface area contributed by atoms with Gasteiger partial charge in [0.25, 0.3) is 5.91 Å². The van der Waals surface area contributed by atoms with E-state index in [0.29, 0.717) is 18.8 Å². The van der Waals surface area contributed by atoms with E-state index < -0.39 is 6.04 Å². The fourth-order valence-electron chi connectivity index (χ4n) is 3.07. The molecule has 1 fully saturated rings. The smallest absolute Gasteiger partial charge is 0.251 e. The zero-order valence-corrected chi connectivity index (χ0v) is 16.3. The summed E-state index contributed by atoms with van der Waals surface area (Å²) in [6.45, 7) is 3.27. The molecule has 2 aromatic carbocycles. The van der Waals surface area contributed by atoms with E-state index in [-0.39, 0.29) is 18.2 Å². The van der Waals surface area contributed by atoms with Gasteiger partial charge in [0.1, 0.15) is 11.5 Å². The van der Waals surface area contributed by atoms with Crippen LogP contribution in [0.4, 0.5) is 5.69 Å². The number of ether oxygens (including phenoxy) is 2. The molecule has 6 heteroatoms. The van der Waals surface area contributed by atoms with Gasteiger partial charge in [-0.05, 0) is 48.4 Å². The molecule has 0 bridgehead atoms. The molecule has 3 rings (SSSR count). The van der Waals surface area contributed by atoms with E-state index in [4.69, 9.17) is 9.47 Å². The van der Waals surface area contributed by atoms with Gasteiger partial charge < -0.3 is 14.8 Å². The Bertz CT molecular complexity index is 802. The van der Waals surface area contributed by atoms with Crippen molar-refractivity contribution in [3.8, 4) is 11.5 Å². The topological polar surface area (TPSA) is 67.9 Å². The minimum Gasteiger partial charge on any atom is -0.497 e. The molecule has 1 N–H and O–H groups in total. The minimum atomic E-state index is -0.518. The lowest BCUT2D eigenvalue weighted by atomic mass is 10.2. The molecule has 0 aromatic heterocycles. The van der Waals surface area contributed by atoms with Crippen LogP contribution in [0.15, 0.2) is 48.5 Å². The number of carbonyl (C=O) groups excluding carboxylic acids is 2. The van der Waals surface area contributed by atoms with Crippen LogP contribution in [0.1, 0.15) is 31.7 Å². The van der Waals surface area contributed by atoms with Crippen LogP contribution in [0.5, 0.6) is 11.5 Å². The van der Waals surface area contributed by atoms with Gasteiger partial charge in [0.15, 0.2) is 0 Å². The summed E-state index contributed by atoms with van der Waals surface area (Å²) in [6.07, 6.45) is 2.22. The largest absolute Gasteiger partial charge is 0.497 e. The molecule has 0 radical (unpaired) electrons. The maximum atomic E-state index is 12.7. The summed E-state index contributed by atoms with van der Waals surface area (Å²) in [7, 11) is 1.62. The van der Waals surface area contributed by atoms with E-state index in [0.717, 1.165) is 29.9 Å². The van der Waals surface area contributed by atoms with Crippen LogP contribution >= 0.6 is 0 Å². The Hall–Kier alpha value is -2.86. The third-order valence-electron chi connectivity index (χ3n) is 4.72. The van der Waals surface area contributed by atoms with E-state index in [1.54, 1.807) is 31.4 Å². The van der Waals surface area contributed by atoms with Crippen LogP contribution in [0.25, 0.3) is 0 Å². The number of unbranched alkanes of at least 4 members (excludes halogenated alkanes) is 1. The number of imide groups is 1. The van der Waals surface area contributed by atoms with Crippen molar-refractivity contribution in [3.63, 3.8) is 0 Å². The highest BCUT2D eigenvalue weighted by atomic mass is 16.5. The van der Waals surface area contributed by atoms with Crippen LogP contribution < -0.4 is 19.7 Å². The Morgan fingerprint density at radius 1 is 1.04 bits per heavy atom. The zero-order chi connectivity index (χ0) is 19.9.